The number of aliphatic hydroxyl groups excluding tert-OH is 2. The minimum Gasteiger partial charge on any atom is -0.393 e. The molecule has 0 aromatic carbocycles. The summed E-state index contributed by atoms with van der Waals surface area (Å²) < 4.78 is 5.48. The fourth-order valence-electron chi connectivity index (χ4n) is 7.07. The second kappa shape index (κ2) is 8.37. The van der Waals surface area contributed by atoms with Crippen LogP contribution in [0.5, 0.6) is 0 Å². The summed E-state index contributed by atoms with van der Waals surface area (Å²) >= 11 is 0. The van der Waals surface area contributed by atoms with Crippen LogP contribution in [0.1, 0.15) is 65.7 Å². The maximum atomic E-state index is 13.1. The van der Waals surface area contributed by atoms with E-state index in [9.17, 15) is 15.0 Å². The van der Waals surface area contributed by atoms with Gasteiger partial charge in [0.1, 0.15) is 6.10 Å². The van der Waals surface area contributed by atoms with E-state index in [-0.39, 0.29) is 29.3 Å². The third-order valence-electron chi connectivity index (χ3n) is 8.69. The molecule has 1 unspecified atom stereocenters. The van der Waals surface area contributed by atoms with Crippen LogP contribution in [-0.2, 0) is 9.53 Å². The average molecular weight is 415 g/mol. The van der Waals surface area contributed by atoms with E-state index in [0.717, 1.165) is 32.1 Å². The molecule has 0 heterocycles. The highest BCUT2D eigenvalue weighted by Crippen LogP contribution is 2.62. The highest BCUT2D eigenvalue weighted by Gasteiger charge is 2.53. The van der Waals surface area contributed by atoms with Crippen molar-refractivity contribution in [3.05, 3.63) is 34.9 Å². The second-order valence-electron chi connectivity index (χ2n) is 10.5. The van der Waals surface area contributed by atoms with E-state index in [4.69, 9.17) is 4.74 Å². The lowest BCUT2D eigenvalue weighted by atomic mass is 9.58. The third-order valence-corrected chi connectivity index (χ3v) is 8.69. The van der Waals surface area contributed by atoms with Crippen LogP contribution in [0, 0.1) is 29.1 Å². The number of rotatable bonds is 4. The molecule has 0 amide bonds. The third kappa shape index (κ3) is 3.76. The summed E-state index contributed by atoms with van der Waals surface area (Å²) in [7, 11) is 1.65. The molecule has 0 aromatic rings. The summed E-state index contributed by atoms with van der Waals surface area (Å²) in [6.07, 6.45) is 11.8. The molecular weight excluding hydrogens is 376 g/mol. The maximum absolute atomic E-state index is 13.1. The fourth-order valence-corrected chi connectivity index (χ4v) is 7.07. The molecule has 166 valence electrons. The first-order valence-corrected chi connectivity index (χ1v) is 11.8. The van der Waals surface area contributed by atoms with Gasteiger partial charge in [0.05, 0.1) is 12.2 Å². The Bertz CT molecular complexity index is 776. The van der Waals surface area contributed by atoms with Crippen LogP contribution >= 0.6 is 0 Å². The number of hydrogen-bond donors (Lipinski definition) is 2. The molecule has 4 aliphatic carbocycles. The summed E-state index contributed by atoms with van der Waals surface area (Å²) in [6, 6.07) is 0. The number of aliphatic hydroxyl groups is 2. The van der Waals surface area contributed by atoms with Crippen molar-refractivity contribution in [2.75, 3.05) is 7.11 Å². The molecule has 2 N–H and O–H groups in total. The van der Waals surface area contributed by atoms with Crippen LogP contribution in [-0.4, -0.2) is 41.4 Å². The van der Waals surface area contributed by atoms with Crippen LogP contribution in [0.15, 0.2) is 34.9 Å². The van der Waals surface area contributed by atoms with Crippen LogP contribution in [0.4, 0.5) is 0 Å². The van der Waals surface area contributed by atoms with Gasteiger partial charge in [-0.15, -0.1) is 0 Å². The number of fused-ring (bicyclic) bond motifs is 6. The molecule has 4 heteroatoms. The first kappa shape index (κ1) is 22.0. The molecule has 0 radical (unpaired) electrons. The molecule has 0 spiro atoms. The fraction of sp³-hybridized carbons (Fsp3) is 0.731. The van der Waals surface area contributed by atoms with Crippen molar-refractivity contribution in [1.82, 2.24) is 0 Å². The second-order valence-corrected chi connectivity index (χ2v) is 10.5. The molecular formula is C26H38O4. The number of carbonyl (C=O) groups is 1. The topological polar surface area (TPSA) is 66.8 Å². The Hall–Kier alpha value is -1.23. The van der Waals surface area contributed by atoms with Crippen LogP contribution in [0.3, 0.4) is 0 Å². The molecule has 4 aliphatic rings. The van der Waals surface area contributed by atoms with E-state index in [2.05, 4.69) is 26.0 Å². The molecule has 2 fully saturated rings. The van der Waals surface area contributed by atoms with Gasteiger partial charge < -0.3 is 14.9 Å². The number of hydrogen-bond acceptors (Lipinski definition) is 4. The Labute approximate surface area is 181 Å². The van der Waals surface area contributed by atoms with E-state index in [1.54, 1.807) is 14.0 Å². The van der Waals surface area contributed by atoms with Crippen molar-refractivity contribution in [3.8, 4) is 0 Å². The Morgan fingerprint density at radius 1 is 1.33 bits per heavy atom. The van der Waals surface area contributed by atoms with Gasteiger partial charge >= 0.3 is 0 Å². The van der Waals surface area contributed by atoms with Crippen molar-refractivity contribution in [3.63, 3.8) is 0 Å². The predicted octanol–water partition coefficient (Wildman–Crippen LogP) is 4.37. The van der Waals surface area contributed by atoms with E-state index in [1.807, 2.05) is 6.08 Å². The number of allylic oxidation sites excluding steroid dienone is 4. The molecule has 2 saturated carbocycles. The van der Waals surface area contributed by atoms with Gasteiger partial charge in [0.2, 0.25) is 0 Å². The van der Waals surface area contributed by atoms with Gasteiger partial charge in [-0.3, -0.25) is 4.79 Å². The Morgan fingerprint density at radius 3 is 2.80 bits per heavy atom. The Balaban J connectivity index is 1.65. The first-order valence-electron chi connectivity index (χ1n) is 11.8. The van der Waals surface area contributed by atoms with Crippen molar-refractivity contribution < 1.29 is 19.7 Å². The molecule has 0 aromatic heterocycles. The first-order chi connectivity index (χ1) is 14.2. The zero-order valence-electron chi connectivity index (χ0n) is 18.9. The summed E-state index contributed by atoms with van der Waals surface area (Å²) in [5, 5.41) is 20.2. The lowest BCUT2D eigenvalue weighted by molar-refractivity contribution is -0.119. The molecule has 4 nitrogen and oxygen atoms in total. The Kier molecular flexibility index (Phi) is 6.13. The van der Waals surface area contributed by atoms with E-state index < -0.39 is 6.10 Å². The quantitative estimate of drug-likeness (QED) is 0.671. The van der Waals surface area contributed by atoms with Crippen molar-refractivity contribution in [2.45, 2.75) is 84.0 Å². The maximum Gasteiger partial charge on any atom is 0.159 e. The molecule has 2 bridgehead atoms. The van der Waals surface area contributed by atoms with Gasteiger partial charge in [0.15, 0.2) is 5.78 Å². The van der Waals surface area contributed by atoms with Gasteiger partial charge in [0.25, 0.3) is 0 Å². The van der Waals surface area contributed by atoms with Gasteiger partial charge in [-0.25, -0.2) is 0 Å². The predicted molar refractivity (Wildman–Crippen MR) is 118 cm³/mol. The highest BCUT2D eigenvalue weighted by atomic mass is 16.5. The van der Waals surface area contributed by atoms with Crippen LogP contribution in [0.25, 0.3) is 0 Å². The smallest absolute Gasteiger partial charge is 0.159 e. The highest BCUT2D eigenvalue weighted by molar-refractivity contribution is 5.93. The number of ether oxygens (including phenoxy) is 1. The summed E-state index contributed by atoms with van der Waals surface area (Å²) in [5.41, 5.74) is 4.23. The van der Waals surface area contributed by atoms with E-state index in [1.165, 1.54) is 16.7 Å². The van der Waals surface area contributed by atoms with Gasteiger partial charge in [-0.1, -0.05) is 35.8 Å². The van der Waals surface area contributed by atoms with Gasteiger partial charge in [-0.05, 0) is 82.1 Å². The SMILES string of the molecule is CO[C@@H](/C=C(\C)C1CC[C@H]2C3=CC(=O)[C@H]4CC(=CC[C@H](O)C4)[C@H]3CC[C@]12C)[C@H](C)O. The van der Waals surface area contributed by atoms with Crippen LogP contribution < -0.4 is 0 Å². The lowest BCUT2D eigenvalue weighted by Crippen LogP contribution is -2.38. The minimum atomic E-state index is -0.529. The summed E-state index contributed by atoms with van der Waals surface area (Å²) in [5.74, 6) is 1.46. The average Bonchev–Trinajstić information content (AvgIpc) is 2.84. The molecule has 8 atom stereocenters. The van der Waals surface area contributed by atoms with Crippen molar-refractivity contribution >= 4 is 5.78 Å². The standard InChI is InChI=1S/C26H38O4/c1-15(11-25(30-4)16(2)27)22-7-8-23-21-14-24(29)18-12-17(5-6-19(28)13-18)20(21)9-10-26(22,23)3/h5,11,14,16,18-20,22-23,25,27-28H,6-10,12-13H2,1-4H3/b15-11+/t16-,18-,19-,20+,22?,23-,25-,26+/m0/s1. The van der Waals surface area contributed by atoms with E-state index >= 15 is 0 Å². The lowest BCUT2D eigenvalue weighted by Gasteiger charge is -2.46. The monoisotopic (exact) mass is 414 g/mol. The van der Waals surface area contributed by atoms with Gasteiger partial charge in [-0.2, -0.15) is 0 Å². The van der Waals surface area contributed by atoms with E-state index in [0.29, 0.717) is 30.6 Å². The normalized spacial score (nSPS) is 41.1. The number of ketones is 1. The number of methoxy groups -OCH3 is 1. The Morgan fingerprint density at radius 2 is 2.10 bits per heavy atom. The largest absolute Gasteiger partial charge is 0.393 e. The molecule has 4 rings (SSSR count). The van der Waals surface area contributed by atoms with Crippen LogP contribution in [0.2, 0.25) is 0 Å². The zero-order chi connectivity index (χ0) is 21.6. The summed E-state index contributed by atoms with van der Waals surface area (Å²) in [6.45, 7) is 6.38. The van der Waals surface area contributed by atoms with Crippen molar-refractivity contribution in [1.29, 1.82) is 0 Å². The molecule has 30 heavy (non-hydrogen) atoms. The van der Waals surface area contributed by atoms with Crippen molar-refractivity contribution in [2.24, 2.45) is 29.1 Å². The molecule has 0 saturated heterocycles. The van der Waals surface area contributed by atoms with Gasteiger partial charge in [0, 0.05) is 18.9 Å². The minimum absolute atomic E-state index is 0.0505. The zero-order valence-corrected chi connectivity index (χ0v) is 18.9. The molecule has 0 aliphatic heterocycles. The summed E-state index contributed by atoms with van der Waals surface area (Å²) in [4.78, 5) is 13.1. The number of carbonyl (C=O) groups excluding carboxylic acids is 1.